The first-order chi connectivity index (χ1) is 7.85. The van der Waals surface area contributed by atoms with Crippen LogP contribution in [0.4, 0.5) is 0 Å². The second-order valence-corrected chi connectivity index (χ2v) is 5.98. The Morgan fingerprint density at radius 3 is 2.53 bits per heavy atom. The molecule has 0 aromatic heterocycles. The van der Waals surface area contributed by atoms with E-state index >= 15 is 0 Å². The molecular weight excluding hydrogens is 278 g/mol. The first-order valence-corrected chi connectivity index (χ1v) is 6.84. The van der Waals surface area contributed by atoms with Crippen LogP contribution in [0, 0.1) is 0 Å². The largest absolute Gasteiger partial charge is 0.366 e. The van der Waals surface area contributed by atoms with Crippen molar-refractivity contribution in [1.29, 1.82) is 0 Å². The molecule has 0 aliphatic rings. The number of benzene rings is 1. The lowest BCUT2D eigenvalue weighted by Gasteiger charge is -2.32. The Labute approximate surface area is 113 Å². The van der Waals surface area contributed by atoms with Crippen molar-refractivity contribution >= 4 is 15.9 Å². The molecule has 96 valence electrons. The molecule has 2 atom stereocenters. The minimum atomic E-state index is -0.152. The van der Waals surface area contributed by atoms with E-state index in [2.05, 4.69) is 48.8 Å². The molecule has 0 spiro atoms. The average Bonchev–Trinajstić information content (AvgIpc) is 2.25. The molecule has 3 heteroatoms. The lowest BCUT2D eigenvalue weighted by Crippen LogP contribution is -2.34. The molecule has 1 aromatic carbocycles. The number of halogens is 1. The van der Waals surface area contributed by atoms with Crippen LogP contribution in [-0.4, -0.2) is 11.6 Å². The maximum Gasteiger partial charge on any atom is 0.0980 e. The summed E-state index contributed by atoms with van der Waals surface area (Å²) in [7, 11) is 0. The minimum absolute atomic E-state index is 0.0323. The quantitative estimate of drug-likeness (QED) is 0.890. The summed E-state index contributed by atoms with van der Waals surface area (Å²) in [5.41, 5.74) is 7.01. The number of nitrogens with two attached hydrogens (primary N) is 1. The van der Waals surface area contributed by atoms with Crippen molar-refractivity contribution in [2.45, 2.75) is 51.9 Å². The SMILES string of the molecule is CCC(C)(C)OC(c1cccc(Br)c1)C(C)N. The highest BCUT2D eigenvalue weighted by atomic mass is 79.9. The van der Waals surface area contributed by atoms with Crippen LogP contribution in [0.2, 0.25) is 0 Å². The molecule has 0 aliphatic carbocycles. The van der Waals surface area contributed by atoms with Gasteiger partial charge in [0.2, 0.25) is 0 Å². The van der Waals surface area contributed by atoms with E-state index in [1.165, 1.54) is 0 Å². The van der Waals surface area contributed by atoms with Gasteiger partial charge in [0.15, 0.2) is 0 Å². The van der Waals surface area contributed by atoms with Gasteiger partial charge in [0, 0.05) is 10.5 Å². The molecule has 0 amide bonds. The summed E-state index contributed by atoms with van der Waals surface area (Å²) in [6.45, 7) is 8.30. The van der Waals surface area contributed by atoms with Gasteiger partial charge in [-0.2, -0.15) is 0 Å². The smallest absolute Gasteiger partial charge is 0.0980 e. The number of ether oxygens (including phenoxy) is 1. The fraction of sp³-hybridized carbons (Fsp3) is 0.571. The van der Waals surface area contributed by atoms with Crippen LogP contribution in [-0.2, 0) is 4.74 Å². The van der Waals surface area contributed by atoms with Gasteiger partial charge in [-0.15, -0.1) is 0 Å². The predicted octanol–water partition coefficient (Wildman–Crippen LogP) is 4.04. The van der Waals surface area contributed by atoms with Gasteiger partial charge in [-0.25, -0.2) is 0 Å². The van der Waals surface area contributed by atoms with Crippen LogP contribution in [0.15, 0.2) is 28.7 Å². The molecule has 0 bridgehead atoms. The van der Waals surface area contributed by atoms with Crippen molar-refractivity contribution in [3.8, 4) is 0 Å². The summed E-state index contributed by atoms with van der Waals surface area (Å²) >= 11 is 3.48. The first-order valence-electron chi connectivity index (χ1n) is 6.04. The zero-order chi connectivity index (χ0) is 13.1. The van der Waals surface area contributed by atoms with Gasteiger partial charge in [0.05, 0.1) is 11.7 Å². The van der Waals surface area contributed by atoms with Crippen molar-refractivity contribution in [2.24, 2.45) is 5.73 Å². The van der Waals surface area contributed by atoms with Crippen LogP contribution in [0.1, 0.15) is 45.8 Å². The fourth-order valence-electron chi connectivity index (χ4n) is 1.59. The zero-order valence-corrected chi connectivity index (χ0v) is 12.6. The Kier molecular flexibility index (Phi) is 5.17. The predicted molar refractivity (Wildman–Crippen MR) is 76.0 cm³/mol. The number of rotatable bonds is 5. The topological polar surface area (TPSA) is 35.2 Å². The van der Waals surface area contributed by atoms with Crippen molar-refractivity contribution in [1.82, 2.24) is 0 Å². The highest BCUT2D eigenvalue weighted by Crippen LogP contribution is 2.29. The zero-order valence-electron chi connectivity index (χ0n) is 11.0. The molecule has 1 rings (SSSR count). The molecule has 0 fully saturated rings. The Balaban J connectivity index is 2.94. The van der Waals surface area contributed by atoms with Crippen LogP contribution in [0.5, 0.6) is 0 Å². The van der Waals surface area contributed by atoms with E-state index < -0.39 is 0 Å². The highest BCUT2D eigenvalue weighted by molar-refractivity contribution is 9.10. The fourth-order valence-corrected chi connectivity index (χ4v) is 2.01. The summed E-state index contributed by atoms with van der Waals surface area (Å²) in [6, 6.07) is 8.11. The van der Waals surface area contributed by atoms with Gasteiger partial charge < -0.3 is 10.5 Å². The molecule has 0 radical (unpaired) electrons. The molecular formula is C14H22BrNO. The normalized spacial score (nSPS) is 15.6. The number of hydrogen-bond donors (Lipinski definition) is 1. The molecule has 2 nitrogen and oxygen atoms in total. The van der Waals surface area contributed by atoms with Crippen molar-refractivity contribution < 1.29 is 4.74 Å². The minimum Gasteiger partial charge on any atom is -0.366 e. The Hall–Kier alpha value is -0.380. The van der Waals surface area contributed by atoms with Crippen LogP contribution in [0.3, 0.4) is 0 Å². The van der Waals surface area contributed by atoms with Gasteiger partial charge in [-0.1, -0.05) is 35.0 Å². The van der Waals surface area contributed by atoms with Gasteiger partial charge in [0.25, 0.3) is 0 Å². The summed E-state index contributed by atoms with van der Waals surface area (Å²) in [5, 5.41) is 0. The van der Waals surface area contributed by atoms with Crippen molar-refractivity contribution in [3.63, 3.8) is 0 Å². The summed E-state index contributed by atoms with van der Waals surface area (Å²) < 4.78 is 7.20. The van der Waals surface area contributed by atoms with Gasteiger partial charge in [-0.3, -0.25) is 0 Å². The second-order valence-electron chi connectivity index (χ2n) is 5.07. The van der Waals surface area contributed by atoms with E-state index in [9.17, 15) is 0 Å². The molecule has 17 heavy (non-hydrogen) atoms. The van der Waals surface area contributed by atoms with Crippen LogP contribution < -0.4 is 5.73 Å². The van der Waals surface area contributed by atoms with E-state index in [0.717, 1.165) is 16.5 Å². The average molecular weight is 300 g/mol. The Bertz CT molecular complexity index is 363. The lowest BCUT2D eigenvalue weighted by molar-refractivity contribution is -0.0833. The molecule has 0 saturated heterocycles. The van der Waals surface area contributed by atoms with E-state index in [4.69, 9.17) is 10.5 Å². The van der Waals surface area contributed by atoms with Crippen LogP contribution in [0.25, 0.3) is 0 Å². The molecule has 0 aliphatic heterocycles. The molecule has 2 N–H and O–H groups in total. The lowest BCUT2D eigenvalue weighted by atomic mass is 10.0. The van der Waals surface area contributed by atoms with E-state index in [1.807, 2.05) is 19.1 Å². The van der Waals surface area contributed by atoms with Gasteiger partial charge >= 0.3 is 0 Å². The second kappa shape index (κ2) is 5.98. The monoisotopic (exact) mass is 299 g/mol. The third kappa shape index (κ3) is 4.41. The van der Waals surface area contributed by atoms with Crippen molar-refractivity contribution in [3.05, 3.63) is 34.3 Å². The Morgan fingerprint density at radius 1 is 1.41 bits per heavy atom. The summed E-state index contributed by atoms with van der Waals surface area (Å²) in [4.78, 5) is 0. The van der Waals surface area contributed by atoms with Crippen molar-refractivity contribution in [2.75, 3.05) is 0 Å². The highest BCUT2D eigenvalue weighted by Gasteiger charge is 2.25. The van der Waals surface area contributed by atoms with E-state index in [0.29, 0.717) is 0 Å². The van der Waals surface area contributed by atoms with Gasteiger partial charge in [-0.05, 0) is 44.9 Å². The first kappa shape index (κ1) is 14.7. The third-order valence-electron chi connectivity index (χ3n) is 2.95. The standard InChI is InChI=1S/C14H22BrNO/c1-5-14(3,4)17-13(10(2)16)11-7-6-8-12(15)9-11/h6-10,13H,5,16H2,1-4H3. The number of hydrogen-bond acceptors (Lipinski definition) is 2. The summed E-state index contributed by atoms with van der Waals surface area (Å²) in [5.74, 6) is 0. The molecule has 1 aromatic rings. The Morgan fingerprint density at radius 2 is 2.06 bits per heavy atom. The van der Waals surface area contributed by atoms with Crippen LogP contribution >= 0.6 is 15.9 Å². The maximum absolute atomic E-state index is 6.14. The molecule has 0 saturated carbocycles. The summed E-state index contributed by atoms with van der Waals surface area (Å²) in [6.07, 6.45) is 0.895. The maximum atomic E-state index is 6.14. The molecule has 0 heterocycles. The third-order valence-corrected chi connectivity index (χ3v) is 3.45. The van der Waals surface area contributed by atoms with Gasteiger partial charge in [0.1, 0.15) is 0 Å². The van der Waals surface area contributed by atoms with E-state index in [1.54, 1.807) is 0 Å². The molecule has 2 unspecified atom stereocenters. The van der Waals surface area contributed by atoms with E-state index in [-0.39, 0.29) is 17.7 Å².